The van der Waals surface area contributed by atoms with Crippen LogP contribution in [0.1, 0.15) is 96.8 Å². The van der Waals surface area contributed by atoms with Gasteiger partial charge in [0.05, 0.1) is 4.90 Å². The number of rotatable bonds is 17. The molecule has 31 heavy (non-hydrogen) atoms. The zero-order chi connectivity index (χ0) is 22.1. The molecule has 0 aliphatic carbocycles. The van der Waals surface area contributed by atoms with E-state index < -0.39 is 21.0 Å². The molecule has 1 rings (SSSR count). The number of para-hydroxylation sites is 1. The van der Waals surface area contributed by atoms with Gasteiger partial charge >= 0.3 is 35.5 Å². The van der Waals surface area contributed by atoms with Crippen molar-refractivity contribution in [3.63, 3.8) is 0 Å². The zero-order valence-electron chi connectivity index (χ0n) is 19.3. The number of benzene rings is 1. The van der Waals surface area contributed by atoms with Crippen LogP contribution in [0.4, 0.5) is 0 Å². The minimum absolute atomic E-state index is 0. The van der Waals surface area contributed by atoms with Gasteiger partial charge in [0.2, 0.25) is 0 Å². The summed E-state index contributed by atoms with van der Waals surface area (Å²) in [4.78, 5) is 11.4. The molecular formula is C24H37NaO5S. The van der Waals surface area contributed by atoms with Crippen LogP contribution in [0, 0.1) is 0 Å². The molecule has 170 valence electrons. The minimum atomic E-state index is -4.66. The molecule has 0 aliphatic heterocycles. The van der Waals surface area contributed by atoms with Crippen molar-refractivity contribution in [3.8, 4) is 5.75 Å². The van der Waals surface area contributed by atoms with E-state index in [4.69, 9.17) is 4.74 Å². The van der Waals surface area contributed by atoms with E-state index in [0.717, 1.165) is 38.2 Å². The average molecular weight is 461 g/mol. The van der Waals surface area contributed by atoms with E-state index in [1.54, 1.807) is 0 Å². The third-order valence-corrected chi connectivity index (χ3v) is 5.86. The van der Waals surface area contributed by atoms with Crippen molar-refractivity contribution in [1.82, 2.24) is 0 Å². The fraction of sp³-hybridized carbons (Fsp3) is 0.625. The molecule has 5 nitrogen and oxygen atoms in total. The summed E-state index contributed by atoms with van der Waals surface area (Å²) in [5.74, 6) is -0.700. The van der Waals surface area contributed by atoms with Crippen LogP contribution in [0.15, 0.2) is 41.3 Å². The van der Waals surface area contributed by atoms with Crippen molar-refractivity contribution in [1.29, 1.82) is 0 Å². The SMILES string of the molecule is CCCCCCCC/C=C\CCCCCCCC(=O)Oc1ccccc1S(=O)(=O)[O-].[Na+]. The number of hydrogen-bond donors (Lipinski definition) is 0. The Balaban J connectivity index is 0.00000900. The molecule has 0 fully saturated rings. The van der Waals surface area contributed by atoms with Gasteiger partial charge < -0.3 is 9.29 Å². The van der Waals surface area contributed by atoms with Crippen molar-refractivity contribution >= 4 is 16.1 Å². The van der Waals surface area contributed by atoms with Crippen LogP contribution in [0.25, 0.3) is 0 Å². The molecule has 0 spiro atoms. The van der Waals surface area contributed by atoms with Crippen LogP contribution in [-0.2, 0) is 14.9 Å². The number of esters is 1. The van der Waals surface area contributed by atoms with Crippen LogP contribution >= 0.6 is 0 Å². The molecule has 0 saturated heterocycles. The maximum absolute atomic E-state index is 11.9. The number of allylic oxidation sites excluding steroid dienone is 2. The topological polar surface area (TPSA) is 83.5 Å². The van der Waals surface area contributed by atoms with Crippen molar-refractivity contribution in [2.75, 3.05) is 0 Å². The van der Waals surface area contributed by atoms with Crippen LogP contribution in [0.5, 0.6) is 5.75 Å². The molecule has 0 unspecified atom stereocenters. The second-order valence-electron chi connectivity index (χ2n) is 7.71. The van der Waals surface area contributed by atoms with Gasteiger partial charge in [0.15, 0.2) is 0 Å². The molecule has 1 aromatic rings. The van der Waals surface area contributed by atoms with Gasteiger partial charge in [-0.25, -0.2) is 8.42 Å². The summed E-state index contributed by atoms with van der Waals surface area (Å²) in [6.07, 6.45) is 20.1. The Morgan fingerprint density at radius 3 is 1.97 bits per heavy atom. The van der Waals surface area contributed by atoms with Crippen LogP contribution in [-0.4, -0.2) is 18.9 Å². The molecule has 0 heterocycles. The van der Waals surface area contributed by atoms with Crippen LogP contribution < -0.4 is 34.3 Å². The van der Waals surface area contributed by atoms with Crippen LogP contribution in [0.3, 0.4) is 0 Å². The van der Waals surface area contributed by atoms with E-state index in [1.165, 1.54) is 63.1 Å². The van der Waals surface area contributed by atoms with Gasteiger partial charge in [0, 0.05) is 6.42 Å². The average Bonchev–Trinajstić information content (AvgIpc) is 2.70. The minimum Gasteiger partial charge on any atom is -0.744 e. The first-order chi connectivity index (χ1) is 14.4. The number of carbonyl (C=O) groups excluding carboxylic acids is 1. The molecule has 0 amide bonds. The number of ether oxygens (including phenoxy) is 1. The zero-order valence-corrected chi connectivity index (χ0v) is 22.1. The molecule has 0 N–H and O–H groups in total. The van der Waals surface area contributed by atoms with Gasteiger partial charge in [-0.15, -0.1) is 0 Å². The molecular weight excluding hydrogens is 423 g/mol. The van der Waals surface area contributed by atoms with E-state index in [0.29, 0.717) is 6.42 Å². The van der Waals surface area contributed by atoms with Gasteiger partial charge in [-0.1, -0.05) is 82.6 Å². The monoisotopic (exact) mass is 460 g/mol. The second-order valence-corrected chi connectivity index (χ2v) is 9.06. The van der Waals surface area contributed by atoms with Gasteiger partial charge in [-0.3, -0.25) is 4.79 Å². The van der Waals surface area contributed by atoms with Crippen molar-refractivity contribution in [2.45, 2.75) is 102 Å². The smallest absolute Gasteiger partial charge is 0.744 e. The standard InChI is InChI=1S/C24H38O5S.Na/c1-2-3-4-5-6-7-8-9-10-11-12-13-14-15-16-21-24(25)29-22-19-17-18-20-23(22)30(26,27)28;/h9-10,17-20H,2-8,11-16,21H2,1H3,(H,26,27,28);/q;+1/p-1/b10-9-;. The Hall–Kier alpha value is -0.660. The molecule has 0 bridgehead atoms. The van der Waals surface area contributed by atoms with E-state index >= 15 is 0 Å². The Labute approximate surface area is 211 Å². The molecule has 0 atom stereocenters. The van der Waals surface area contributed by atoms with E-state index in [1.807, 2.05) is 0 Å². The first-order valence-electron chi connectivity index (χ1n) is 11.4. The molecule has 0 aromatic heterocycles. The third kappa shape index (κ3) is 15.7. The summed E-state index contributed by atoms with van der Waals surface area (Å²) in [5.41, 5.74) is 0. The summed E-state index contributed by atoms with van der Waals surface area (Å²) in [5, 5.41) is 0. The molecule has 1 aromatic carbocycles. The third-order valence-electron chi connectivity index (χ3n) is 4.98. The summed E-state index contributed by atoms with van der Waals surface area (Å²) in [6, 6.07) is 5.42. The predicted octanol–water partition coefficient (Wildman–Crippen LogP) is 3.54. The number of hydrogen-bond acceptors (Lipinski definition) is 5. The van der Waals surface area contributed by atoms with Gasteiger partial charge in [-0.2, -0.15) is 0 Å². The fourth-order valence-corrected chi connectivity index (χ4v) is 3.86. The largest absolute Gasteiger partial charge is 1.00 e. The number of unbranched alkanes of at least 4 members (excludes halogenated alkanes) is 11. The summed E-state index contributed by atoms with van der Waals surface area (Å²) in [6.45, 7) is 2.24. The summed E-state index contributed by atoms with van der Waals surface area (Å²) in [7, 11) is -4.66. The molecule has 7 heteroatoms. The molecule has 0 saturated carbocycles. The predicted molar refractivity (Wildman–Crippen MR) is 119 cm³/mol. The maximum atomic E-state index is 11.9. The van der Waals surface area contributed by atoms with E-state index in [9.17, 15) is 17.8 Å². The molecule has 0 radical (unpaired) electrons. The first-order valence-corrected chi connectivity index (χ1v) is 12.8. The quantitative estimate of drug-likeness (QED) is 0.0887. The fourth-order valence-electron chi connectivity index (χ4n) is 3.25. The van der Waals surface area contributed by atoms with Gasteiger partial charge in [-0.05, 0) is 44.2 Å². The van der Waals surface area contributed by atoms with Crippen molar-refractivity contribution in [2.24, 2.45) is 0 Å². The first kappa shape index (κ1) is 30.3. The van der Waals surface area contributed by atoms with Gasteiger partial charge in [0.25, 0.3) is 0 Å². The Bertz CT molecular complexity index is 731. The van der Waals surface area contributed by atoms with E-state index in [-0.39, 0.29) is 41.7 Å². The second kappa shape index (κ2) is 18.9. The summed E-state index contributed by atoms with van der Waals surface area (Å²) < 4.78 is 38.6. The maximum Gasteiger partial charge on any atom is 1.00 e. The summed E-state index contributed by atoms with van der Waals surface area (Å²) >= 11 is 0. The molecule has 0 aliphatic rings. The normalized spacial score (nSPS) is 11.4. The van der Waals surface area contributed by atoms with Crippen molar-refractivity contribution < 1.29 is 52.1 Å². The van der Waals surface area contributed by atoms with Gasteiger partial charge in [0.1, 0.15) is 15.9 Å². The Kier molecular flexibility index (Phi) is 18.5. The van der Waals surface area contributed by atoms with E-state index in [2.05, 4.69) is 19.1 Å². The van der Waals surface area contributed by atoms with Crippen molar-refractivity contribution in [3.05, 3.63) is 36.4 Å². The number of carbonyl (C=O) groups is 1. The Morgan fingerprint density at radius 2 is 1.39 bits per heavy atom. The van der Waals surface area contributed by atoms with Crippen LogP contribution in [0.2, 0.25) is 0 Å². The Morgan fingerprint density at radius 1 is 0.871 bits per heavy atom.